The van der Waals surface area contributed by atoms with Crippen LogP contribution < -0.4 is 0 Å². The first-order chi connectivity index (χ1) is 16.3. The SMILES string of the molecule is CC(C)(C)c1cc2ccc3c(-c4ccc(Cl)cc4)cc(-c4ccc(Cl)cc4)c4ccc(c1)c2c34. The third-order valence-corrected chi connectivity index (χ3v) is 7.40. The van der Waals surface area contributed by atoms with Gasteiger partial charge in [-0.3, -0.25) is 0 Å². The van der Waals surface area contributed by atoms with Crippen molar-refractivity contribution in [2.75, 3.05) is 0 Å². The van der Waals surface area contributed by atoms with E-state index in [9.17, 15) is 0 Å². The number of rotatable bonds is 2. The van der Waals surface area contributed by atoms with E-state index in [0.717, 1.165) is 21.2 Å². The number of hydrogen-bond acceptors (Lipinski definition) is 0. The van der Waals surface area contributed by atoms with Gasteiger partial charge in [-0.2, -0.15) is 0 Å². The maximum absolute atomic E-state index is 6.22. The molecule has 6 aromatic rings. The minimum Gasteiger partial charge on any atom is -0.0843 e. The Labute approximate surface area is 210 Å². The first-order valence-corrected chi connectivity index (χ1v) is 12.3. The van der Waals surface area contributed by atoms with Gasteiger partial charge in [-0.1, -0.05) is 105 Å². The van der Waals surface area contributed by atoms with Gasteiger partial charge in [0, 0.05) is 10.0 Å². The van der Waals surface area contributed by atoms with Crippen LogP contribution in [0.1, 0.15) is 26.3 Å². The average Bonchev–Trinajstić information content (AvgIpc) is 2.82. The van der Waals surface area contributed by atoms with Crippen LogP contribution in [0.15, 0.2) is 91.0 Å². The normalized spacial score (nSPS) is 12.3. The maximum Gasteiger partial charge on any atom is 0.0406 e. The third-order valence-electron chi connectivity index (χ3n) is 6.89. The van der Waals surface area contributed by atoms with Crippen molar-refractivity contribution < 1.29 is 0 Å². The molecule has 0 spiro atoms. The molecule has 0 saturated carbocycles. The predicted molar refractivity (Wildman–Crippen MR) is 150 cm³/mol. The van der Waals surface area contributed by atoms with Gasteiger partial charge in [0.15, 0.2) is 0 Å². The van der Waals surface area contributed by atoms with Crippen molar-refractivity contribution in [3.05, 3.63) is 107 Å². The molecule has 0 saturated heterocycles. The van der Waals surface area contributed by atoms with Crippen molar-refractivity contribution in [3.8, 4) is 22.3 Å². The summed E-state index contributed by atoms with van der Waals surface area (Å²) in [5.41, 5.74) is 6.19. The predicted octanol–water partition coefficient (Wildman–Crippen LogP) is 10.5. The van der Waals surface area contributed by atoms with Crippen molar-refractivity contribution in [2.24, 2.45) is 0 Å². The smallest absolute Gasteiger partial charge is 0.0406 e. The molecule has 0 radical (unpaired) electrons. The van der Waals surface area contributed by atoms with Gasteiger partial charge in [-0.15, -0.1) is 0 Å². The summed E-state index contributed by atoms with van der Waals surface area (Å²) in [6, 6.07) is 32.5. The van der Waals surface area contributed by atoms with E-state index in [4.69, 9.17) is 23.2 Å². The van der Waals surface area contributed by atoms with E-state index in [2.05, 4.69) is 87.5 Å². The second-order valence-electron chi connectivity index (χ2n) is 10.1. The quantitative estimate of drug-likeness (QED) is 0.217. The number of halogens is 2. The van der Waals surface area contributed by atoms with E-state index in [0.29, 0.717) is 0 Å². The van der Waals surface area contributed by atoms with Gasteiger partial charge in [-0.25, -0.2) is 0 Å². The molecule has 34 heavy (non-hydrogen) atoms. The van der Waals surface area contributed by atoms with Gasteiger partial charge in [0.05, 0.1) is 0 Å². The van der Waals surface area contributed by atoms with Crippen LogP contribution in [0.2, 0.25) is 10.0 Å². The monoisotopic (exact) mass is 478 g/mol. The lowest BCUT2D eigenvalue weighted by Gasteiger charge is -2.23. The summed E-state index contributed by atoms with van der Waals surface area (Å²) >= 11 is 12.4. The molecule has 0 N–H and O–H groups in total. The van der Waals surface area contributed by atoms with Gasteiger partial charge in [-0.05, 0) is 95.9 Å². The highest BCUT2D eigenvalue weighted by Crippen LogP contribution is 2.45. The molecule has 0 fully saturated rings. The fraction of sp³-hybridized carbons (Fsp3) is 0.125. The van der Waals surface area contributed by atoms with Crippen molar-refractivity contribution in [3.63, 3.8) is 0 Å². The number of hydrogen-bond donors (Lipinski definition) is 0. The third kappa shape index (κ3) is 3.45. The highest BCUT2D eigenvalue weighted by molar-refractivity contribution is 6.31. The van der Waals surface area contributed by atoms with E-state index < -0.39 is 0 Å². The number of benzene rings is 6. The molecule has 0 bridgehead atoms. The highest BCUT2D eigenvalue weighted by Gasteiger charge is 2.20. The van der Waals surface area contributed by atoms with Crippen LogP contribution in [-0.4, -0.2) is 0 Å². The summed E-state index contributed by atoms with van der Waals surface area (Å²) in [6.07, 6.45) is 0. The van der Waals surface area contributed by atoms with Crippen LogP contribution in [0.25, 0.3) is 54.6 Å². The summed E-state index contributed by atoms with van der Waals surface area (Å²) in [6.45, 7) is 6.82. The van der Waals surface area contributed by atoms with E-state index in [1.807, 2.05) is 24.3 Å². The zero-order valence-corrected chi connectivity index (χ0v) is 20.9. The molecule has 0 atom stereocenters. The van der Waals surface area contributed by atoms with Crippen molar-refractivity contribution in [1.82, 2.24) is 0 Å². The summed E-state index contributed by atoms with van der Waals surface area (Å²) in [7, 11) is 0. The summed E-state index contributed by atoms with van der Waals surface area (Å²) < 4.78 is 0. The van der Waals surface area contributed by atoms with E-state index >= 15 is 0 Å². The van der Waals surface area contributed by atoms with E-state index in [-0.39, 0.29) is 5.41 Å². The lowest BCUT2D eigenvalue weighted by atomic mass is 9.81. The zero-order chi connectivity index (χ0) is 23.6. The largest absolute Gasteiger partial charge is 0.0843 e. The Balaban J connectivity index is 1.77. The Morgan fingerprint density at radius 2 is 0.941 bits per heavy atom. The van der Waals surface area contributed by atoms with Crippen molar-refractivity contribution in [2.45, 2.75) is 26.2 Å². The maximum atomic E-state index is 6.22. The molecule has 0 nitrogen and oxygen atoms in total. The van der Waals surface area contributed by atoms with Crippen LogP contribution in [0.3, 0.4) is 0 Å². The summed E-state index contributed by atoms with van der Waals surface area (Å²) in [5.74, 6) is 0. The standard InChI is InChI=1S/C32H24Cl2/c1-32(2,3)23-16-21-8-14-26-28(19-4-10-24(33)11-5-19)18-29(20-6-12-25(34)13-7-20)27-15-9-22(17-23)30(21)31(26)27/h4-18H,1-3H3. The molecule has 2 heteroatoms. The molecule has 0 aliphatic carbocycles. The van der Waals surface area contributed by atoms with Gasteiger partial charge in [0.1, 0.15) is 0 Å². The Hall–Kier alpha value is -3.06. The second kappa shape index (κ2) is 7.73. The average molecular weight is 479 g/mol. The molecule has 0 amide bonds. The molecule has 0 aliphatic heterocycles. The Kier molecular flexibility index (Phi) is 4.88. The first-order valence-electron chi connectivity index (χ1n) is 11.6. The Bertz CT molecular complexity index is 1560. The first kappa shape index (κ1) is 21.5. The fourth-order valence-corrected chi connectivity index (χ4v) is 5.34. The summed E-state index contributed by atoms with van der Waals surface area (Å²) in [4.78, 5) is 0. The molecular weight excluding hydrogens is 455 g/mol. The Morgan fingerprint density at radius 1 is 0.500 bits per heavy atom. The molecular formula is C32H24Cl2. The molecule has 0 unspecified atom stereocenters. The van der Waals surface area contributed by atoms with Crippen LogP contribution in [-0.2, 0) is 5.41 Å². The zero-order valence-electron chi connectivity index (χ0n) is 19.4. The fourth-order valence-electron chi connectivity index (χ4n) is 5.08. The van der Waals surface area contributed by atoms with Crippen LogP contribution in [0.4, 0.5) is 0 Å². The minimum absolute atomic E-state index is 0.0907. The van der Waals surface area contributed by atoms with Gasteiger partial charge >= 0.3 is 0 Å². The van der Waals surface area contributed by atoms with E-state index in [1.54, 1.807) is 0 Å². The molecule has 0 heterocycles. The molecule has 6 rings (SSSR count). The molecule has 166 valence electrons. The molecule has 0 aliphatic rings. The topological polar surface area (TPSA) is 0 Å². The second-order valence-corrected chi connectivity index (χ2v) is 11.0. The molecule has 6 aromatic carbocycles. The Morgan fingerprint density at radius 3 is 1.35 bits per heavy atom. The van der Waals surface area contributed by atoms with E-state index in [1.165, 1.54) is 49.0 Å². The van der Waals surface area contributed by atoms with Crippen LogP contribution in [0.5, 0.6) is 0 Å². The minimum atomic E-state index is 0.0907. The lowest BCUT2D eigenvalue weighted by Crippen LogP contribution is -2.10. The highest BCUT2D eigenvalue weighted by atomic mass is 35.5. The van der Waals surface area contributed by atoms with Crippen LogP contribution >= 0.6 is 23.2 Å². The molecule has 0 aromatic heterocycles. The lowest BCUT2D eigenvalue weighted by molar-refractivity contribution is 0.591. The van der Waals surface area contributed by atoms with Crippen molar-refractivity contribution in [1.29, 1.82) is 0 Å². The van der Waals surface area contributed by atoms with Gasteiger partial charge in [0.25, 0.3) is 0 Å². The van der Waals surface area contributed by atoms with Crippen molar-refractivity contribution >= 4 is 55.5 Å². The van der Waals surface area contributed by atoms with Crippen LogP contribution in [0, 0.1) is 0 Å². The van der Waals surface area contributed by atoms with Gasteiger partial charge < -0.3 is 0 Å². The summed E-state index contributed by atoms with van der Waals surface area (Å²) in [5, 5.41) is 9.23. The van der Waals surface area contributed by atoms with Gasteiger partial charge in [0.2, 0.25) is 0 Å².